The minimum absolute atomic E-state index is 0.229. The van der Waals surface area contributed by atoms with Crippen molar-refractivity contribution >= 4 is 29.6 Å². The summed E-state index contributed by atoms with van der Waals surface area (Å²) in [6.45, 7) is 2.40. The predicted octanol–water partition coefficient (Wildman–Crippen LogP) is 4.69. The van der Waals surface area contributed by atoms with Crippen molar-refractivity contribution in [3.63, 3.8) is 0 Å². The number of ether oxygens (including phenoxy) is 3. The molecule has 2 heterocycles. The summed E-state index contributed by atoms with van der Waals surface area (Å²) in [6.07, 6.45) is -5.11. The molecule has 1 saturated heterocycles. The van der Waals surface area contributed by atoms with Crippen molar-refractivity contribution in [2.24, 2.45) is 0 Å². The maximum Gasteiger partial charge on any atom is 0.348 e. The number of cyclic esters (lactones) is 2. The first-order chi connectivity index (χ1) is 14.9. The molecule has 1 aliphatic rings. The molecule has 0 unspecified atom stereocenters. The third-order valence-electron chi connectivity index (χ3n) is 4.42. The first-order valence-electron chi connectivity index (χ1n) is 9.11. The van der Waals surface area contributed by atoms with Crippen molar-refractivity contribution in [3.8, 4) is 5.75 Å². The van der Waals surface area contributed by atoms with Crippen molar-refractivity contribution in [1.29, 1.82) is 0 Å². The van der Waals surface area contributed by atoms with E-state index >= 15 is 0 Å². The number of rotatable bonds is 6. The number of methoxy groups -OCH3 is 1. The molecule has 172 valence electrons. The fraction of sp³-hybridized carbons (Fsp3) is 0.350. The van der Waals surface area contributed by atoms with Gasteiger partial charge in [-0.05, 0) is 23.8 Å². The maximum atomic E-state index is 13.5. The topological polar surface area (TPSA) is 79.7 Å². The summed E-state index contributed by atoms with van der Waals surface area (Å²) in [4.78, 5) is 24.3. The van der Waals surface area contributed by atoms with Gasteiger partial charge in [-0.15, -0.1) is 0 Å². The van der Waals surface area contributed by atoms with Crippen LogP contribution in [0.1, 0.15) is 49.2 Å². The molecule has 1 fully saturated rings. The summed E-state index contributed by atoms with van der Waals surface area (Å²) in [5.74, 6) is -2.98. The minimum atomic E-state index is -3.16. The summed E-state index contributed by atoms with van der Waals surface area (Å²) < 4.78 is 69.0. The Balaban J connectivity index is 2.01. The van der Waals surface area contributed by atoms with Crippen LogP contribution in [0.4, 0.5) is 17.6 Å². The van der Waals surface area contributed by atoms with Crippen LogP contribution in [-0.4, -0.2) is 34.6 Å². The van der Waals surface area contributed by atoms with Crippen molar-refractivity contribution in [2.45, 2.75) is 39.0 Å². The van der Waals surface area contributed by atoms with Crippen molar-refractivity contribution in [2.75, 3.05) is 7.11 Å². The molecule has 7 nitrogen and oxygen atoms in total. The molecule has 0 aliphatic carbocycles. The average Bonchev–Trinajstić information content (AvgIpc) is 3.00. The third kappa shape index (κ3) is 4.72. The first kappa shape index (κ1) is 23.6. The number of alkyl halides is 4. The zero-order chi connectivity index (χ0) is 23.8. The highest BCUT2D eigenvalue weighted by Crippen LogP contribution is 2.36. The number of aromatic nitrogens is 2. The SMILES string of the molecule is COc1ccc(C=C2C(=O)OC(C)(C)OC2=O)cc1Cn1nc(C(F)F)c(Cl)c1C(F)F. The Morgan fingerprint density at radius 3 is 2.31 bits per heavy atom. The van der Waals surface area contributed by atoms with Crippen LogP contribution >= 0.6 is 11.6 Å². The molecule has 0 spiro atoms. The molecule has 0 saturated carbocycles. The van der Waals surface area contributed by atoms with E-state index in [-0.39, 0.29) is 16.9 Å². The fourth-order valence-electron chi connectivity index (χ4n) is 3.06. The number of hydrogen-bond donors (Lipinski definition) is 0. The van der Waals surface area contributed by atoms with Crippen LogP contribution in [-0.2, 0) is 25.6 Å². The Kier molecular flexibility index (Phi) is 6.49. The Morgan fingerprint density at radius 1 is 1.16 bits per heavy atom. The van der Waals surface area contributed by atoms with Gasteiger partial charge in [0.05, 0.1) is 18.7 Å². The number of carbonyl (C=O) groups excluding carboxylic acids is 2. The van der Waals surface area contributed by atoms with E-state index < -0.39 is 53.5 Å². The minimum Gasteiger partial charge on any atom is -0.496 e. The van der Waals surface area contributed by atoms with Crippen LogP contribution < -0.4 is 4.74 Å². The monoisotopic (exact) mass is 476 g/mol. The van der Waals surface area contributed by atoms with Crippen LogP contribution in [0.15, 0.2) is 23.8 Å². The molecule has 0 atom stereocenters. The second-order valence-electron chi connectivity index (χ2n) is 7.15. The Morgan fingerprint density at radius 2 is 1.78 bits per heavy atom. The summed E-state index contributed by atoms with van der Waals surface area (Å²) in [6, 6.07) is 4.36. The molecule has 32 heavy (non-hydrogen) atoms. The Bertz CT molecular complexity index is 1080. The van der Waals surface area contributed by atoms with E-state index in [9.17, 15) is 27.2 Å². The van der Waals surface area contributed by atoms with Gasteiger partial charge in [0.2, 0.25) is 0 Å². The van der Waals surface area contributed by atoms with Gasteiger partial charge in [0.15, 0.2) is 0 Å². The molecule has 0 radical (unpaired) electrons. The van der Waals surface area contributed by atoms with E-state index in [0.717, 1.165) is 0 Å². The summed E-state index contributed by atoms with van der Waals surface area (Å²) >= 11 is 5.69. The quantitative estimate of drug-likeness (QED) is 0.260. The lowest BCUT2D eigenvalue weighted by molar-refractivity contribution is -0.222. The van der Waals surface area contributed by atoms with E-state index in [1.165, 1.54) is 45.2 Å². The zero-order valence-corrected chi connectivity index (χ0v) is 17.8. The van der Waals surface area contributed by atoms with Crippen molar-refractivity contribution in [3.05, 3.63) is 51.3 Å². The Labute approximate surface area is 184 Å². The van der Waals surface area contributed by atoms with Crippen LogP contribution in [0.5, 0.6) is 5.75 Å². The van der Waals surface area contributed by atoms with Crippen molar-refractivity contribution < 1.29 is 41.4 Å². The summed E-state index contributed by atoms with van der Waals surface area (Å²) in [5, 5.41) is 2.71. The normalized spacial score (nSPS) is 15.8. The Hall–Kier alpha value is -3.08. The van der Waals surface area contributed by atoms with Gasteiger partial charge in [-0.2, -0.15) is 5.10 Å². The molecule has 0 N–H and O–H groups in total. The highest BCUT2D eigenvalue weighted by molar-refractivity contribution is 6.32. The second kappa shape index (κ2) is 8.81. The summed E-state index contributed by atoms with van der Waals surface area (Å²) in [7, 11) is 1.32. The van der Waals surface area contributed by atoms with Gasteiger partial charge in [0.1, 0.15) is 22.7 Å². The zero-order valence-electron chi connectivity index (χ0n) is 17.0. The smallest absolute Gasteiger partial charge is 0.348 e. The highest BCUT2D eigenvalue weighted by atomic mass is 35.5. The van der Waals surface area contributed by atoms with Gasteiger partial charge in [0.25, 0.3) is 18.6 Å². The molecule has 12 heteroatoms. The lowest BCUT2D eigenvalue weighted by atomic mass is 10.1. The van der Waals surface area contributed by atoms with Gasteiger partial charge in [-0.25, -0.2) is 27.2 Å². The van der Waals surface area contributed by atoms with E-state index in [0.29, 0.717) is 10.2 Å². The lowest BCUT2D eigenvalue weighted by Gasteiger charge is -2.29. The van der Waals surface area contributed by atoms with Crippen LogP contribution in [0, 0.1) is 0 Å². The first-order valence-corrected chi connectivity index (χ1v) is 9.49. The largest absolute Gasteiger partial charge is 0.496 e. The van der Waals surface area contributed by atoms with Gasteiger partial charge >= 0.3 is 11.9 Å². The highest BCUT2D eigenvalue weighted by Gasteiger charge is 2.39. The maximum absolute atomic E-state index is 13.5. The van der Waals surface area contributed by atoms with E-state index in [2.05, 4.69) is 5.10 Å². The number of nitrogens with zero attached hydrogens (tertiary/aromatic N) is 2. The molecule has 1 aromatic carbocycles. The summed E-state index contributed by atoms with van der Waals surface area (Å²) in [5.41, 5.74) is -1.66. The lowest BCUT2D eigenvalue weighted by Crippen LogP contribution is -2.41. The van der Waals surface area contributed by atoms with E-state index in [4.69, 9.17) is 25.8 Å². The standard InChI is InChI=1S/C20H17ClF4N2O5/c1-20(2)31-18(28)11(19(29)32-20)7-9-4-5-12(30-3)10(6-9)8-27-15(17(24)25)13(21)14(26-27)16(22)23/h4-7,16-17H,8H2,1-3H3. The second-order valence-corrected chi connectivity index (χ2v) is 7.53. The number of hydrogen-bond acceptors (Lipinski definition) is 6. The van der Waals surface area contributed by atoms with Gasteiger partial charge in [-0.3, -0.25) is 4.68 Å². The van der Waals surface area contributed by atoms with Crippen molar-refractivity contribution in [1.82, 2.24) is 9.78 Å². The van der Waals surface area contributed by atoms with E-state index in [1.54, 1.807) is 0 Å². The third-order valence-corrected chi connectivity index (χ3v) is 4.81. The van der Waals surface area contributed by atoms with Crippen LogP contribution in [0.3, 0.4) is 0 Å². The molecule has 0 bridgehead atoms. The molecule has 2 aromatic rings. The molecule has 1 aliphatic heterocycles. The van der Waals surface area contributed by atoms with Gasteiger partial charge in [-0.1, -0.05) is 17.7 Å². The molecule has 0 amide bonds. The predicted molar refractivity (Wildman–Crippen MR) is 103 cm³/mol. The number of esters is 2. The van der Waals surface area contributed by atoms with E-state index in [1.807, 2.05) is 0 Å². The molecule has 3 rings (SSSR count). The van der Waals surface area contributed by atoms with Crippen LogP contribution in [0.25, 0.3) is 6.08 Å². The fourth-order valence-corrected chi connectivity index (χ4v) is 3.36. The number of benzene rings is 1. The van der Waals surface area contributed by atoms with Crippen LogP contribution in [0.2, 0.25) is 5.02 Å². The average molecular weight is 477 g/mol. The van der Waals surface area contributed by atoms with Gasteiger partial charge in [0, 0.05) is 19.4 Å². The molecule has 1 aromatic heterocycles. The number of carbonyl (C=O) groups is 2. The molecular formula is C20H17ClF4N2O5. The van der Waals surface area contributed by atoms with Gasteiger partial charge < -0.3 is 14.2 Å². The molecular weight excluding hydrogens is 460 g/mol. The number of halogens is 5.